The average molecular weight is 337 g/mol. The van der Waals surface area contributed by atoms with Crippen LogP contribution in [0.25, 0.3) is 5.65 Å². The van der Waals surface area contributed by atoms with Crippen molar-refractivity contribution in [3.63, 3.8) is 0 Å². The zero-order valence-electron chi connectivity index (χ0n) is 11.8. The quantitative estimate of drug-likeness (QED) is 0.906. The fourth-order valence-corrected chi connectivity index (χ4v) is 3.61. The van der Waals surface area contributed by atoms with Crippen LogP contribution in [0.2, 0.25) is 0 Å². The Morgan fingerprint density at radius 1 is 1.40 bits per heavy atom. The molecule has 1 aliphatic rings. The number of nitrogens with zero attached hydrogens (tertiary/aromatic N) is 3. The van der Waals surface area contributed by atoms with Crippen LogP contribution < -0.4 is 5.32 Å². The highest BCUT2D eigenvalue weighted by molar-refractivity contribution is 9.10. The van der Waals surface area contributed by atoms with Crippen LogP contribution in [0, 0.1) is 5.92 Å². The lowest BCUT2D eigenvalue weighted by Crippen LogP contribution is -2.30. The van der Waals surface area contributed by atoms with Crippen LogP contribution in [0.1, 0.15) is 45.4 Å². The van der Waals surface area contributed by atoms with E-state index >= 15 is 0 Å². The van der Waals surface area contributed by atoms with E-state index in [1.54, 1.807) is 0 Å². The number of rotatable bonds is 4. The van der Waals surface area contributed by atoms with Gasteiger partial charge in [-0.05, 0) is 53.2 Å². The lowest BCUT2D eigenvalue weighted by molar-refractivity contribution is 0.312. The van der Waals surface area contributed by atoms with E-state index in [9.17, 15) is 0 Å². The maximum Gasteiger partial charge on any atom is 0.243 e. The molecular formula is C15H21BrN4. The molecule has 0 saturated heterocycles. The van der Waals surface area contributed by atoms with E-state index in [0.29, 0.717) is 6.04 Å². The summed E-state index contributed by atoms with van der Waals surface area (Å²) < 4.78 is 2.80. The van der Waals surface area contributed by atoms with Crippen molar-refractivity contribution in [2.75, 3.05) is 5.32 Å². The van der Waals surface area contributed by atoms with Crippen LogP contribution in [-0.4, -0.2) is 20.6 Å². The molecule has 108 valence electrons. The molecule has 0 amide bonds. The monoisotopic (exact) mass is 336 g/mol. The van der Waals surface area contributed by atoms with Gasteiger partial charge in [-0.25, -0.2) is 4.52 Å². The number of hydrogen-bond acceptors (Lipinski definition) is 3. The molecule has 5 heteroatoms. The SMILES string of the molecule is CCC(Nc1nc2c(Br)cccn2n1)C1CCCCC1. The Labute approximate surface area is 128 Å². The summed E-state index contributed by atoms with van der Waals surface area (Å²) in [5.41, 5.74) is 0.869. The molecule has 1 fully saturated rings. The van der Waals surface area contributed by atoms with Gasteiger partial charge in [-0.2, -0.15) is 4.98 Å². The van der Waals surface area contributed by atoms with Gasteiger partial charge in [-0.1, -0.05) is 26.2 Å². The van der Waals surface area contributed by atoms with Crippen LogP contribution >= 0.6 is 15.9 Å². The second-order valence-corrected chi connectivity index (χ2v) is 6.47. The van der Waals surface area contributed by atoms with Crippen molar-refractivity contribution >= 4 is 27.5 Å². The minimum Gasteiger partial charge on any atom is -0.350 e. The summed E-state index contributed by atoms with van der Waals surface area (Å²) in [5, 5.41) is 8.07. The van der Waals surface area contributed by atoms with Gasteiger partial charge in [-0.15, -0.1) is 5.10 Å². The molecule has 1 saturated carbocycles. The molecule has 20 heavy (non-hydrogen) atoms. The highest BCUT2D eigenvalue weighted by Gasteiger charge is 2.23. The van der Waals surface area contributed by atoms with Gasteiger partial charge in [0.15, 0.2) is 5.65 Å². The molecule has 2 aromatic rings. The first-order valence-corrected chi connectivity index (χ1v) is 8.34. The van der Waals surface area contributed by atoms with E-state index in [0.717, 1.165) is 28.4 Å². The largest absolute Gasteiger partial charge is 0.350 e. The minimum atomic E-state index is 0.492. The second kappa shape index (κ2) is 6.12. The van der Waals surface area contributed by atoms with E-state index in [4.69, 9.17) is 0 Å². The summed E-state index contributed by atoms with van der Waals surface area (Å²) in [6.45, 7) is 2.25. The molecule has 4 nitrogen and oxygen atoms in total. The summed E-state index contributed by atoms with van der Waals surface area (Å²) in [5.74, 6) is 1.51. The zero-order chi connectivity index (χ0) is 13.9. The number of halogens is 1. The van der Waals surface area contributed by atoms with Crippen LogP contribution in [0.4, 0.5) is 5.95 Å². The smallest absolute Gasteiger partial charge is 0.243 e. The summed E-state index contributed by atoms with van der Waals surface area (Å²) in [6.07, 6.45) is 9.86. The number of aromatic nitrogens is 3. The van der Waals surface area contributed by atoms with Gasteiger partial charge < -0.3 is 5.32 Å². The van der Waals surface area contributed by atoms with Gasteiger partial charge in [0, 0.05) is 12.2 Å². The Hall–Kier alpha value is -1.10. The number of anilines is 1. The number of fused-ring (bicyclic) bond motifs is 1. The molecule has 1 unspecified atom stereocenters. The normalized spacial score (nSPS) is 18.3. The van der Waals surface area contributed by atoms with Crippen molar-refractivity contribution in [1.82, 2.24) is 14.6 Å². The predicted octanol–water partition coefficient (Wildman–Crippen LogP) is 4.26. The fourth-order valence-electron chi connectivity index (χ4n) is 3.19. The first-order valence-electron chi connectivity index (χ1n) is 7.55. The van der Waals surface area contributed by atoms with Crippen molar-refractivity contribution in [3.05, 3.63) is 22.8 Å². The van der Waals surface area contributed by atoms with Crippen molar-refractivity contribution in [3.8, 4) is 0 Å². The van der Waals surface area contributed by atoms with E-state index in [1.807, 2.05) is 22.8 Å². The molecule has 0 aliphatic heterocycles. The van der Waals surface area contributed by atoms with E-state index < -0.39 is 0 Å². The van der Waals surface area contributed by atoms with Crippen LogP contribution in [-0.2, 0) is 0 Å². The molecule has 2 heterocycles. The lowest BCUT2D eigenvalue weighted by atomic mass is 9.83. The molecule has 0 radical (unpaired) electrons. The Morgan fingerprint density at radius 3 is 2.90 bits per heavy atom. The maximum atomic E-state index is 4.59. The molecule has 1 atom stereocenters. The van der Waals surface area contributed by atoms with Gasteiger partial charge in [0.2, 0.25) is 5.95 Å². The Balaban J connectivity index is 1.78. The van der Waals surface area contributed by atoms with E-state index in [1.165, 1.54) is 32.1 Å². The summed E-state index contributed by atoms with van der Waals surface area (Å²) in [4.78, 5) is 4.59. The third-order valence-corrected chi connectivity index (χ3v) is 4.91. The fraction of sp³-hybridized carbons (Fsp3) is 0.600. The molecule has 1 N–H and O–H groups in total. The first-order chi connectivity index (χ1) is 9.78. The second-order valence-electron chi connectivity index (χ2n) is 5.62. The Kier molecular flexibility index (Phi) is 4.24. The van der Waals surface area contributed by atoms with E-state index in [2.05, 4.69) is 38.3 Å². The van der Waals surface area contributed by atoms with Crippen LogP contribution in [0.15, 0.2) is 22.8 Å². The van der Waals surface area contributed by atoms with Crippen LogP contribution in [0.3, 0.4) is 0 Å². The van der Waals surface area contributed by atoms with Crippen molar-refractivity contribution < 1.29 is 0 Å². The van der Waals surface area contributed by atoms with Gasteiger partial charge in [0.25, 0.3) is 0 Å². The van der Waals surface area contributed by atoms with Crippen molar-refractivity contribution in [1.29, 1.82) is 0 Å². The van der Waals surface area contributed by atoms with Gasteiger partial charge in [-0.3, -0.25) is 0 Å². The van der Waals surface area contributed by atoms with Gasteiger partial charge in [0.05, 0.1) is 4.47 Å². The molecule has 3 rings (SSSR count). The summed E-state index contributed by atoms with van der Waals surface area (Å²) >= 11 is 3.52. The third-order valence-electron chi connectivity index (χ3n) is 4.29. The van der Waals surface area contributed by atoms with Crippen LogP contribution in [0.5, 0.6) is 0 Å². The highest BCUT2D eigenvalue weighted by atomic mass is 79.9. The number of hydrogen-bond donors (Lipinski definition) is 1. The van der Waals surface area contributed by atoms with Crippen molar-refractivity contribution in [2.45, 2.75) is 51.5 Å². The third kappa shape index (κ3) is 2.82. The number of pyridine rings is 1. The average Bonchev–Trinajstić information content (AvgIpc) is 2.90. The summed E-state index contributed by atoms with van der Waals surface area (Å²) in [6, 6.07) is 4.45. The van der Waals surface area contributed by atoms with Gasteiger partial charge in [0.1, 0.15) is 0 Å². The topological polar surface area (TPSA) is 42.2 Å². The molecule has 2 aromatic heterocycles. The van der Waals surface area contributed by atoms with Gasteiger partial charge >= 0.3 is 0 Å². The van der Waals surface area contributed by atoms with E-state index in [-0.39, 0.29) is 0 Å². The Bertz CT molecular complexity index is 574. The maximum absolute atomic E-state index is 4.59. The zero-order valence-corrected chi connectivity index (χ0v) is 13.4. The standard InChI is InChI=1S/C15H21BrN4/c1-2-13(11-7-4-3-5-8-11)17-15-18-14-12(16)9-6-10-20(14)19-15/h6,9-11,13H,2-5,7-8H2,1H3,(H,17,19). The molecular weight excluding hydrogens is 316 g/mol. The molecule has 1 aliphatic carbocycles. The Morgan fingerprint density at radius 2 is 2.20 bits per heavy atom. The molecule has 0 spiro atoms. The minimum absolute atomic E-state index is 0.492. The molecule has 0 bridgehead atoms. The summed E-state index contributed by atoms with van der Waals surface area (Å²) in [7, 11) is 0. The first kappa shape index (κ1) is 13.9. The van der Waals surface area contributed by atoms with Crippen molar-refractivity contribution in [2.24, 2.45) is 5.92 Å². The predicted molar refractivity (Wildman–Crippen MR) is 85.0 cm³/mol. The molecule has 0 aromatic carbocycles. The lowest BCUT2D eigenvalue weighted by Gasteiger charge is -2.29. The number of nitrogens with one attached hydrogen (secondary N) is 1. The highest BCUT2D eigenvalue weighted by Crippen LogP contribution is 2.29.